The Morgan fingerprint density at radius 2 is 2.60 bits per heavy atom. The van der Waals surface area contributed by atoms with E-state index in [-0.39, 0.29) is 6.10 Å². The summed E-state index contributed by atoms with van der Waals surface area (Å²) in [6.45, 7) is 7.34. The Labute approximate surface area is 68.4 Å². The summed E-state index contributed by atoms with van der Waals surface area (Å²) >= 11 is 3.23. The SMILES string of the molecule is C=CC(=C)[C@@H]1CC(Br)=NO1. The average molecular weight is 202 g/mol. The van der Waals surface area contributed by atoms with Crippen LogP contribution in [0.3, 0.4) is 0 Å². The van der Waals surface area contributed by atoms with Gasteiger partial charge in [-0.1, -0.05) is 24.4 Å². The van der Waals surface area contributed by atoms with E-state index >= 15 is 0 Å². The summed E-state index contributed by atoms with van der Waals surface area (Å²) in [4.78, 5) is 4.99. The van der Waals surface area contributed by atoms with Crippen LogP contribution in [-0.4, -0.2) is 10.7 Å². The summed E-state index contributed by atoms with van der Waals surface area (Å²) in [7, 11) is 0. The molecule has 1 rings (SSSR count). The number of rotatable bonds is 2. The van der Waals surface area contributed by atoms with Crippen molar-refractivity contribution in [1.82, 2.24) is 0 Å². The molecule has 0 spiro atoms. The molecule has 2 nitrogen and oxygen atoms in total. The molecule has 0 aromatic rings. The topological polar surface area (TPSA) is 21.6 Å². The van der Waals surface area contributed by atoms with Crippen LogP contribution in [-0.2, 0) is 4.84 Å². The van der Waals surface area contributed by atoms with Gasteiger partial charge in [0.2, 0.25) is 0 Å². The maximum absolute atomic E-state index is 4.99. The maximum atomic E-state index is 4.99. The lowest BCUT2D eigenvalue weighted by atomic mass is 10.1. The maximum Gasteiger partial charge on any atom is 0.158 e. The van der Waals surface area contributed by atoms with Gasteiger partial charge in [0.05, 0.1) is 0 Å². The summed E-state index contributed by atoms with van der Waals surface area (Å²) in [5, 5.41) is 3.71. The molecule has 0 aromatic carbocycles. The lowest BCUT2D eigenvalue weighted by Gasteiger charge is -2.05. The molecule has 0 aliphatic carbocycles. The number of halogens is 1. The third-order valence-electron chi connectivity index (χ3n) is 1.31. The zero-order valence-electron chi connectivity index (χ0n) is 5.51. The van der Waals surface area contributed by atoms with Crippen LogP contribution in [0.1, 0.15) is 6.42 Å². The van der Waals surface area contributed by atoms with Crippen LogP contribution in [0.2, 0.25) is 0 Å². The standard InChI is InChI=1S/C7H8BrNO/c1-3-5(2)6-4-7(8)9-10-6/h3,6H,1-2,4H2/t6-/m0/s1. The van der Waals surface area contributed by atoms with Crippen molar-refractivity contribution in [3.05, 3.63) is 24.8 Å². The third-order valence-corrected chi connectivity index (χ3v) is 1.78. The van der Waals surface area contributed by atoms with Crippen molar-refractivity contribution in [1.29, 1.82) is 0 Å². The van der Waals surface area contributed by atoms with Gasteiger partial charge in [-0.05, 0) is 21.5 Å². The van der Waals surface area contributed by atoms with E-state index in [2.05, 4.69) is 34.2 Å². The molecule has 0 saturated carbocycles. The predicted octanol–water partition coefficient (Wildman–Crippen LogP) is 2.23. The van der Waals surface area contributed by atoms with E-state index in [1.165, 1.54) is 0 Å². The Morgan fingerprint density at radius 1 is 1.90 bits per heavy atom. The van der Waals surface area contributed by atoms with Crippen LogP contribution < -0.4 is 0 Å². The molecule has 1 atom stereocenters. The Kier molecular flexibility index (Phi) is 2.27. The molecule has 1 aliphatic heterocycles. The largest absolute Gasteiger partial charge is 0.387 e. The lowest BCUT2D eigenvalue weighted by Crippen LogP contribution is -2.06. The van der Waals surface area contributed by atoms with Crippen molar-refractivity contribution >= 4 is 20.6 Å². The fraction of sp³-hybridized carbons (Fsp3) is 0.286. The summed E-state index contributed by atoms with van der Waals surface area (Å²) in [5.41, 5.74) is 0.873. The Hall–Kier alpha value is -0.570. The molecule has 0 fully saturated rings. The van der Waals surface area contributed by atoms with E-state index in [4.69, 9.17) is 4.84 Å². The van der Waals surface area contributed by atoms with Crippen molar-refractivity contribution in [3.8, 4) is 0 Å². The third kappa shape index (κ3) is 1.48. The second-order valence-electron chi connectivity index (χ2n) is 2.04. The number of hydrogen-bond donors (Lipinski definition) is 0. The van der Waals surface area contributed by atoms with E-state index in [0.717, 1.165) is 16.6 Å². The first-order valence-corrected chi connectivity index (χ1v) is 3.72. The van der Waals surface area contributed by atoms with Gasteiger partial charge in [0.15, 0.2) is 6.10 Å². The van der Waals surface area contributed by atoms with Gasteiger partial charge >= 0.3 is 0 Å². The van der Waals surface area contributed by atoms with E-state index in [1.54, 1.807) is 6.08 Å². The molecule has 0 N–H and O–H groups in total. The highest BCUT2D eigenvalue weighted by Crippen LogP contribution is 2.19. The molecule has 0 unspecified atom stereocenters. The van der Waals surface area contributed by atoms with Gasteiger partial charge in [0.25, 0.3) is 0 Å². The molecule has 0 radical (unpaired) electrons. The van der Waals surface area contributed by atoms with Crippen LogP contribution in [0.25, 0.3) is 0 Å². The van der Waals surface area contributed by atoms with Gasteiger partial charge in [0.1, 0.15) is 4.62 Å². The van der Waals surface area contributed by atoms with Crippen LogP contribution in [0, 0.1) is 0 Å². The van der Waals surface area contributed by atoms with Crippen LogP contribution >= 0.6 is 15.9 Å². The Morgan fingerprint density at radius 3 is 3.00 bits per heavy atom. The lowest BCUT2D eigenvalue weighted by molar-refractivity contribution is 0.114. The van der Waals surface area contributed by atoms with Crippen LogP contribution in [0.4, 0.5) is 0 Å². The van der Waals surface area contributed by atoms with Gasteiger partial charge in [-0.15, -0.1) is 0 Å². The van der Waals surface area contributed by atoms with Gasteiger partial charge < -0.3 is 4.84 Å². The number of nitrogens with zero attached hydrogens (tertiary/aromatic N) is 1. The Bertz CT molecular complexity index is 198. The fourth-order valence-corrected chi connectivity index (χ4v) is 1.06. The fourth-order valence-electron chi connectivity index (χ4n) is 0.679. The van der Waals surface area contributed by atoms with Crippen molar-refractivity contribution in [3.63, 3.8) is 0 Å². The minimum Gasteiger partial charge on any atom is -0.387 e. The molecule has 0 saturated heterocycles. The number of hydrogen-bond acceptors (Lipinski definition) is 2. The molecular formula is C7H8BrNO. The van der Waals surface area contributed by atoms with Gasteiger partial charge in [0, 0.05) is 6.42 Å². The summed E-state index contributed by atoms with van der Waals surface area (Å²) < 4.78 is 0.834. The van der Waals surface area contributed by atoms with Crippen molar-refractivity contribution in [2.24, 2.45) is 5.16 Å². The van der Waals surface area contributed by atoms with Crippen LogP contribution in [0.15, 0.2) is 30.0 Å². The highest BCUT2D eigenvalue weighted by atomic mass is 79.9. The highest BCUT2D eigenvalue weighted by molar-refractivity contribution is 9.18. The van der Waals surface area contributed by atoms with Crippen molar-refractivity contribution < 1.29 is 4.84 Å². The first-order valence-electron chi connectivity index (χ1n) is 2.93. The second kappa shape index (κ2) is 3.01. The monoisotopic (exact) mass is 201 g/mol. The van der Waals surface area contributed by atoms with E-state index in [9.17, 15) is 0 Å². The Balaban J connectivity index is 2.50. The molecule has 54 valence electrons. The van der Waals surface area contributed by atoms with E-state index in [0.29, 0.717) is 0 Å². The smallest absolute Gasteiger partial charge is 0.158 e. The minimum absolute atomic E-state index is 0.00752. The second-order valence-corrected chi connectivity index (χ2v) is 2.96. The normalized spacial score (nSPS) is 23.3. The molecule has 3 heteroatoms. The van der Waals surface area contributed by atoms with E-state index < -0.39 is 0 Å². The van der Waals surface area contributed by atoms with E-state index in [1.807, 2.05) is 0 Å². The first-order chi connectivity index (χ1) is 4.74. The predicted molar refractivity (Wildman–Crippen MR) is 45.2 cm³/mol. The molecule has 0 amide bonds. The first kappa shape index (κ1) is 7.54. The average Bonchev–Trinajstić information content (AvgIpc) is 2.34. The molecule has 10 heavy (non-hydrogen) atoms. The molecular weight excluding hydrogens is 194 g/mol. The minimum atomic E-state index is -0.00752. The molecule has 1 aliphatic rings. The highest BCUT2D eigenvalue weighted by Gasteiger charge is 2.19. The van der Waals surface area contributed by atoms with Crippen LogP contribution in [0.5, 0.6) is 0 Å². The zero-order chi connectivity index (χ0) is 7.56. The van der Waals surface area contributed by atoms with Crippen molar-refractivity contribution in [2.45, 2.75) is 12.5 Å². The van der Waals surface area contributed by atoms with Gasteiger partial charge in [-0.3, -0.25) is 0 Å². The molecule has 0 bridgehead atoms. The van der Waals surface area contributed by atoms with Gasteiger partial charge in [-0.25, -0.2) is 0 Å². The molecule has 1 heterocycles. The van der Waals surface area contributed by atoms with Crippen molar-refractivity contribution in [2.75, 3.05) is 0 Å². The summed E-state index contributed by atoms with van der Waals surface area (Å²) in [5.74, 6) is 0. The molecule has 0 aromatic heterocycles. The quantitative estimate of drug-likeness (QED) is 0.629. The number of oxime groups is 1. The zero-order valence-corrected chi connectivity index (χ0v) is 7.10. The summed E-state index contributed by atoms with van der Waals surface area (Å²) in [6, 6.07) is 0. The van der Waals surface area contributed by atoms with Gasteiger partial charge in [-0.2, -0.15) is 0 Å². The summed E-state index contributed by atoms with van der Waals surface area (Å²) in [6.07, 6.45) is 2.45.